The third-order valence-corrected chi connectivity index (χ3v) is 6.19. The molecule has 0 radical (unpaired) electrons. The van der Waals surface area contributed by atoms with Crippen molar-refractivity contribution in [3.63, 3.8) is 0 Å². The molecule has 2 aromatic heterocycles. The Labute approximate surface area is 168 Å². The van der Waals surface area contributed by atoms with Gasteiger partial charge in [0.2, 0.25) is 0 Å². The van der Waals surface area contributed by atoms with Crippen LogP contribution in [0.15, 0.2) is 30.3 Å². The average molecular weight is 414 g/mol. The third-order valence-electron chi connectivity index (χ3n) is 5.16. The predicted octanol–water partition coefficient (Wildman–Crippen LogP) is 2.10. The molecule has 3 aromatic rings. The van der Waals surface area contributed by atoms with E-state index in [0.29, 0.717) is 30.9 Å². The van der Waals surface area contributed by atoms with Gasteiger partial charge in [0.05, 0.1) is 12.3 Å². The molecule has 1 amide bonds. The van der Waals surface area contributed by atoms with Crippen molar-refractivity contribution in [2.75, 3.05) is 18.6 Å². The highest BCUT2D eigenvalue weighted by Gasteiger charge is 2.28. The van der Waals surface area contributed by atoms with E-state index in [1.165, 1.54) is 0 Å². The van der Waals surface area contributed by atoms with Crippen LogP contribution in [0.5, 0.6) is 0 Å². The lowest BCUT2D eigenvalue weighted by atomic mass is 10.0. The van der Waals surface area contributed by atoms with Gasteiger partial charge in [-0.15, -0.1) is 0 Å². The molecule has 0 bridgehead atoms. The number of amides is 1. The Bertz CT molecular complexity index is 1160. The summed E-state index contributed by atoms with van der Waals surface area (Å²) in [6.45, 7) is 0.832. The van der Waals surface area contributed by atoms with Gasteiger partial charge in [-0.1, -0.05) is 18.2 Å². The molecule has 29 heavy (non-hydrogen) atoms. The molecule has 4 rings (SSSR count). The lowest BCUT2D eigenvalue weighted by Gasteiger charge is -2.26. The van der Waals surface area contributed by atoms with Gasteiger partial charge >= 0.3 is 0 Å². The SMILES string of the molecule is CS(=O)(=O)CCCC(=O)c1n[nH]c2c1CN(C(=O)c1cc3ccccc3[nH]1)CC2. The van der Waals surface area contributed by atoms with Crippen molar-refractivity contribution in [3.8, 4) is 0 Å². The quantitative estimate of drug-likeness (QED) is 0.599. The summed E-state index contributed by atoms with van der Waals surface area (Å²) in [4.78, 5) is 30.4. The van der Waals surface area contributed by atoms with Gasteiger partial charge in [-0.3, -0.25) is 14.7 Å². The molecule has 0 saturated carbocycles. The van der Waals surface area contributed by atoms with Crippen LogP contribution in [0.3, 0.4) is 0 Å². The number of para-hydroxylation sites is 1. The summed E-state index contributed by atoms with van der Waals surface area (Å²) in [5, 5.41) is 8.01. The van der Waals surface area contributed by atoms with E-state index in [0.717, 1.165) is 28.4 Å². The van der Waals surface area contributed by atoms with Crippen LogP contribution in [0, 0.1) is 0 Å². The van der Waals surface area contributed by atoms with Gasteiger partial charge in [0.15, 0.2) is 5.78 Å². The van der Waals surface area contributed by atoms with Gasteiger partial charge in [0, 0.05) is 47.8 Å². The number of carbonyl (C=O) groups excluding carboxylic acids is 2. The van der Waals surface area contributed by atoms with Gasteiger partial charge in [-0.05, 0) is 18.6 Å². The molecule has 1 aliphatic heterocycles. The fourth-order valence-electron chi connectivity index (χ4n) is 3.67. The summed E-state index contributed by atoms with van der Waals surface area (Å²) in [5.41, 5.74) is 3.31. The van der Waals surface area contributed by atoms with Crippen molar-refractivity contribution in [2.24, 2.45) is 0 Å². The number of hydrogen-bond acceptors (Lipinski definition) is 5. The van der Waals surface area contributed by atoms with Crippen molar-refractivity contribution >= 4 is 32.4 Å². The van der Waals surface area contributed by atoms with Crippen LogP contribution in [0.2, 0.25) is 0 Å². The Morgan fingerprint density at radius 1 is 1.24 bits per heavy atom. The number of carbonyl (C=O) groups is 2. The lowest BCUT2D eigenvalue weighted by molar-refractivity contribution is 0.0726. The number of nitrogens with one attached hydrogen (secondary N) is 2. The number of nitrogens with zero attached hydrogens (tertiary/aromatic N) is 2. The number of sulfone groups is 1. The summed E-state index contributed by atoms with van der Waals surface area (Å²) >= 11 is 0. The zero-order chi connectivity index (χ0) is 20.6. The molecule has 0 fully saturated rings. The number of benzene rings is 1. The molecule has 0 spiro atoms. The van der Waals surface area contributed by atoms with Crippen molar-refractivity contribution in [3.05, 3.63) is 53.0 Å². The number of aromatic nitrogens is 3. The fraction of sp³-hybridized carbons (Fsp3) is 0.350. The number of rotatable bonds is 6. The van der Waals surface area contributed by atoms with E-state index in [4.69, 9.17) is 0 Å². The monoisotopic (exact) mass is 414 g/mol. The van der Waals surface area contributed by atoms with E-state index in [1.807, 2.05) is 30.3 Å². The topological polar surface area (TPSA) is 116 Å². The Balaban J connectivity index is 1.49. The number of hydrogen-bond donors (Lipinski definition) is 2. The van der Waals surface area contributed by atoms with Crippen LogP contribution in [0.1, 0.15) is 45.1 Å². The molecule has 8 nitrogen and oxygen atoms in total. The molecule has 152 valence electrons. The van der Waals surface area contributed by atoms with E-state index in [9.17, 15) is 18.0 Å². The highest BCUT2D eigenvalue weighted by Crippen LogP contribution is 2.24. The molecule has 0 aliphatic carbocycles. The van der Waals surface area contributed by atoms with Crippen molar-refractivity contribution in [1.29, 1.82) is 0 Å². The first-order valence-electron chi connectivity index (χ1n) is 9.46. The van der Waals surface area contributed by atoms with Crippen LogP contribution in [-0.4, -0.2) is 58.7 Å². The van der Waals surface area contributed by atoms with E-state index < -0.39 is 9.84 Å². The number of ketones is 1. The first-order chi connectivity index (χ1) is 13.8. The molecule has 1 aliphatic rings. The predicted molar refractivity (Wildman–Crippen MR) is 109 cm³/mol. The zero-order valence-corrected chi connectivity index (χ0v) is 16.9. The van der Waals surface area contributed by atoms with Crippen LogP contribution in [-0.2, 0) is 22.8 Å². The number of H-pyrrole nitrogens is 2. The van der Waals surface area contributed by atoms with Crippen molar-refractivity contribution in [2.45, 2.75) is 25.8 Å². The minimum absolute atomic E-state index is 0.0314. The summed E-state index contributed by atoms with van der Waals surface area (Å²) in [6, 6.07) is 9.53. The maximum Gasteiger partial charge on any atom is 0.270 e. The fourth-order valence-corrected chi connectivity index (χ4v) is 4.34. The standard InChI is InChI=1S/C20H22N4O4S/c1-29(27,28)10-4-7-18(25)19-14-12-24(9-8-16(14)22-23-19)20(26)17-11-13-5-2-3-6-15(13)21-17/h2-3,5-6,11,21H,4,7-10,12H2,1H3,(H,22,23). The zero-order valence-electron chi connectivity index (χ0n) is 16.1. The van der Waals surface area contributed by atoms with Gasteiger partial charge in [0.25, 0.3) is 5.91 Å². The summed E-state index contributed by atoms with van der Waals surface area (Å²) in [6.07, 6.45) is 2.11. The highest BCUT2D eigenvalue weighted by atomic mass is 32.2. The maximum absolute atomic E-state index is 13.0. The molecule has 3 heterocycles. The summed E-state index contributed by atoms with van der Waals surface area (Å²) < 4.78 is 22.5. The average Bonchev–Trinajstić information content (AvgIpc) is 3.29. The van der Waals surface area contributed by atoms with E-state index in [2.05, 4.69) is 15.2 Å². The minimum atomic E-state index is -3.10. The van der Waals surface area contributed by atoms with Crippen molar-refractivity contribution < 1.29 is 18.0 Å². The molecule has 9 heteroatoms. The number of aromatic amines is 2. The molecule has 0 atom stereocenters. The minimum Gasteiger partial charge on any atom is -0.351 e. The second-order valence-electron chi connectivity index (χ2n) is 7.43. The van der Waals surface area contributed by atoms with Crippen molar-refractivity contribution in [1.82, 2.24) is 20.1 Å². The summed E-state index contributed by atoms with van der Waals surface area (Å²) in [7, 11) is -3.10. The third kappa shape index (κ3) is 4.09. The van der Waals surface area contributed by atoms with Gasteiger partial charge in [0.1, 0.15) is 21.2 Å². The van der Waals surface area contributed by atoms with Crippen LogP contribution in [0.4, 0.5) is 0 Å². The Morgan fingerprint density at radius 2 is 2.03 bits per heavy atom. The number of Topliss-reactive ketones (excluding diaryl/α,β-unsaturated/α-hetero) is 1. The van der Waals surface area contributed by atoms with Gasteiger partial charge in [-0.2, -0.15) is 5.10 Å². The van der Waals surface area contributed by atoms with E-state index in [1.54, 1.807) is 4.90 Å². The second-order valence-corrected chi connectivity index (χ2v) is 9.69. The molecule has 0 unspecified atom stereocenters. The van der Waals surface area contributed by atoms with Crippen LogP contribution in [0.25, 0.3) is 10.9 Å². The first-order valence-corrected chi connectivity index (χ1v) is 11.5. The molecule has 1 aromatic carbocycles. The van der Waals surface area contributed by atoms with E-state index in [-0.39, 0.29) is 30.3 Å². The maximum atomic E-state index is 13.0. The first kappa shape index (κ1) is 19.4. The van der Waals surface area contributed by atoms with Crippen LogP contribution >= 0.6 is 0 Å². The number of fused-ring (bicyclic) bond motifs is 2. The second kappa shape index (κ2) is 7.47. The molecular formula is C20H22N4O4S. The van der Waals surface area contributed by atoms with E-state index >= 15 is 0 Å². The molecular weight excluding hydrogens is 392 g/mol. The molecule has 0 saturated heterocycles. The Hall–Kier alpha value is -2.94. The Kier molecular flexibility index (Phi) is 4.99. The largest absolute Gasteiger partial charge is 0.351 e. The Morgan fingerprint density at radius 3 is 2.79 bits per heavy atom. The van der Waals surface area contributed by atoms with Gasteiger partial charge in [-0.25, -0.2) is 8.42 Å². The smallest absolute Gasteiger partial charge is 0.270 e. The molecule has 2 N–H and O–H groups in total. The summed E-state index contributed by atoms with van der Waals surface area (Å²) in [5.74, 6) is -0.356. The van der Waals surface area contributed by atoms with Gasteiger partial charge < -0.3 is 9.88 Å². The normalized spacial score (nSPS) is 14.2. The van der Waals surface area contributed by atoms with Crippen LogP contribution < -0.4 is 0 Å². The lowest BCUT2D eigenvalue weighted by Crippen LogP contribution is -2.36. The highest BCUT2D eigenvalue weighted by molar-refractivity contribution is 7.90.